The highest BCUT2D eigenvalue weighted by molar-refractivity contribution is 5.98. The Kier molecular flexibility index (Phi) is 5.83. The summed E-state index contributed by atoms with van der Waals surface area (Å²) in [6, 6.07) is 0. The molecule has 2 heteroatoms. The van der Waals surface area contributed by atoms with Gasteiger partial charge in [-0.2, -0.15) is 0 Å². The average Bonchev–Trinajstić information content (AvgIpc) is 2.97. The number of carbonyl (C=O) groups excluding carboxylic acids is 1. The predicted molar refractivity (Wildman–Crippen MR) is 133 cm³/mol. The fraction of sp³-hybridized carbons (Fsp3) is 0.833. The first kappa shape index (κ1) is 24.1. The maximum absolute atomic E-state index is 12.7. The van der Waals surface area contributed by atoms with Crippen LogP contribution in [0.15, 0.2) is 23.5 Å². The number of aliphatic hydroxyl groups is 1. The fourth-order valence-electron chi connectivity index (χ4n) is 9.17. The van der Waals surface area contributed by atoms with E-state index in [2.05, 4.69) is 61.5 Å². The number of fused-ring (bicyclic) bond motifs is 5. The predicted octanol–water partition coefficient (Wildman–Crippen LogP) is 8.28. The molecule has 0 bridgehead atoms. The topological polar surface area (TPSA) is 37.3 Å². The minimum Gasteiger partial charge on any atom is -0.512 e. The molecule has 7 atom stereocenters. The van der Waals surface area contributed by atoms with E-state index in [1.807, 2.05) is 0 Å². The van der Waals surface area contributed by atoms with E-state index in [0.717, 1.165) is 30.6 Å². The van der Waals surface area contributed by atoms with E-state index >= 15 is 0 Å². The summed E-state index contributed by atoms with van der Waals surface area (Å²) in [5.74, 6) is 3.37. The molecule has 0 unspecified atom stereocenters. The highest BCUT2D eigenvalue weighted by Gasteiger charge is 2.67. The third kappa shape index (κ3) is 3.21. The molecule has 2 fully saturated rings. The Morgan fingerprint density at radius 3 is 2.34 bits per heavy atom. The molecule has 32 heavy (non-hydrogen) atoms. The van der Waals surface area contributed by atoms with E-state index in [1.165, 1.54) is 44.1 Å². The lowest BCUT2D eigenvalue weighted by Crippen LogP contribution is -2.58. The van der Waals surface area contributed by atoms with Gasteiger partial charge in [-0.15, -0.1) is 0 Å². The van der Waals surface area contributed by atoms with Crippen LogP contribution in [0.1, 0.15) is 107 Å². The van der Waals surface area contributed by atoms with Crippen LogP contribution in [0.5, 0.6) is 0 Å². The quantitative estimate of drug-likeness (QED) is 0.437. The molecule has 4 rings (SSSR count). The molecule has 2 nitrogen and oxygen atoms in total. The van der Waals surface area contributed by atoms with Crippen molar-refractivity contribution in [1.29, 1.82) is 0 Å². The molecule has 2 saturated carbocycles. The molecule has 0 amide bonds. The second kappa shape index (κ2) is 7.74. The van der Waals surface area contributed by atoms with E-state index in [4.69, 9.17) is 0 Å². The van der Waals surface area contributed by atoms with Crippen LogP contribution in [0.4, 0.5) is 0 Å². The highest BCUT2D eigenvalue weighted by atomic mass is 16.3. The maximum atomic E-state index is 12.7. The van der Waals surface area contributed by atoms with Crippen LogP contribution in [-0.4, -0.2) is 10.9 Å². The van der Waals surface area contributed by atoms with Crippen molar-refractivity contribution in [3.63, 3.8) is 0 Å². The Balaban J connectivity index is 1.65. The standard InChI is InChI=1S/C30H48O2/c1-19(2)10-9-11-20(3)21-14-15-30(8)24-13-12-22-26(23(31)18-25(32)27(22,4)5)28(24,6)16-17-29(21,30)7/h12,18-21,24,26,31H,9-11,13-17H2,1-8H3/t20-,21-,24-,26+,28-,29-,30+/m1/s1. The van der Waals surface area contributed by atoms with Gasteiger partial charge in [0.25, 0.3) is 0 Å². The van der Waals surface area contributed by atoms with E-state index in [-0.39, 0.29) is 17.1 Å². The van der Waals surface area contributed by atoms with Crippen LogP contribution in [-0.2, 0) is 4.79 Å². The van der Waals surface area contributed by atoms with Gasteiger partial charge in [-0.3, -0.25) is 4.79 Å². The number of rotatable bonds is 5. The lowest BCUT2D eigenvalue weighted by Gasteiger charge is -2.65. The van der Waals surface area contributed by atoms with Crippen molar-refractivity contribution in [2.24, 2.45) is 51.2 Å². The van der Waals surface area contributed by atoms with Gasteiger partial charge in [0.1, 0.15) is 5.76 Å². The molecule has 0 heterocycles. The lowest BCUT2D eigenvalue weighted by molar-refractivity contribution is -0.140. The second-order valence-electron chi connectivity index (χ2n) is 13.7. The molecule has 0 aromatic carbocycles. The number of aliphatic hydroxyl groups excluding tert-OH is 1. The van der Waals surface area contributed by atoms with Gasteiger partial charge in [0.15, 0.2) is 5.78 Å². The van der Waals surface area contributed by atoms with Gasteiger partial charge >= 0.3 is 0 Å². The molecule has 1 N–H and O–H groups in total. The van der Waals surface area contributed by atoms with Gasteiger partial charge in [-0.1, -0.05) is 66.9 Å². The summed E-state index contributed by atoms with van der Waals surface area (Å²) in [5.41, 5.74) is 1.40. The normalized spacial score (nSPS) is 43.8. The zero-order chi connectivity index (χ0) is 23.7. The Morgan fingerprint density at radius 1 is 1.00 bits per heavy atom. The number of allylic oxidation sites excluding steroid dienone is 3. The number of hydrogen-bond acceptors (Lipinski definition) is 2. The third-order valence-electron chi connectivity index (χ3n) is 11.4. The summed E-state index contributed by atoms with van der Waals surface area (Å²) < 4.78 is 0. The number of carbonyl (C=O) groups is 1. The van der Waals surface area contributed by atoms with Crippen LogP contribution >= 0.6 is 0 Å². The van der Waals surface area contributed by atoms with Gasteiger partial charge in [0.2, 0.25) is 0 Å². The molecule has 4 aliphatic rings. The second-order valence-corrected chi connectivity index (χ2v) is 13.7. The largest absolute Gasteiger partial charge is 0.512 e. The number of hydrogen-bond donors (Lipinski definition) is 1. The van der Waals surface area contributed by atoms with E-state index in [9.17, 15) is 9.90 Å². The van der Waals surface area contributed by atoms with E-state index in [1.54, 1.807) is 6.08 Å². The molecule has 0 aliphatic heterocycles. The molecule has 0 aromatic rings. The molecule has 0 aromatic heterocycles. The first-order chi connectivity index (χ1) is 14.8. The van der Waals surface area contributed by atoms with Gasteiger partial charge in [-0.25, -0.2) is 0 Å². The van der Waals surface area contributed by atoms with Crippen molar-refractivity contribution in [2.45, 2.75) is 107 Å². The lowest BCUT2D eigenvalue weighted by atomic mass is 9.39. The van der Waals surface area contributed by atoms with Crippen LogP contribution in [0.2, 0.25) is 0 Å². The van der Waals surface area contributed by atoms with Crippen LogP contribution in [0.25, 0.3) is 0 Å². The average molecular weight is 441 g/mol. The Bertz CT molecular complexity index is 832. The van der Waals surface area contributed by atoms with Crippen molar-refractivity contribution in [1.82, 2.24) is 0 Å². The molecule has 0 saturated heterocycles. The zero-order valence-electron chi connectivity index (χ0n) is 22.1. The zero-order valence-corrected chi connectivity index (χ0v) is 22.1. The van der Waals surface area contributed by atoms with Crippen molar-refractivity contribution < 1.29 is 9.90 Å². The summed E-state index contributed by atoms with van der Waals surface area (Å²) in [5, 5.41) is 11.1. The van der Waals surface area contributed by atoms with Gasteiger partial charge in [-0.05, 0) is 91.4 Å². The summed E-state index contributed by atoms with van der Waals surface area (Å²) >= 11 is 0. The molecule has 4 aliphatic carbocycles. The SMILES string of the molecule is CC(C)CCC[C@@H](C)[C@H]1CC[C@@]2(C)[C@@H]3CC=C4[C@@H](C(O)=CC(=O)C4(C)C)[C@]3(C)CC[C@]12C. The molecular weight excluding hydrogens is 392 g/mol. The first-order valence-electron chi connectivity index (χ1n) is 13.4. The Hall–Kier alpha value is -1.05. The minimum absolute atomic E-state index is 0.0119. The van der Waals surface area contributed by atoms with Crippen LogP contribution < -0.4 is 0 Å². The van der Waals surface area contributed by atoms with Gasteiger partial charge in [0.05, 0.1) is 0 Å². The molecule has 180 valence electrons. The third-order valence-corrected chi connectivity index (χ3v) is 11.4. The minimum atomic E-state index is -0.490. The molecule has 0 spiro atoms. The summed E-state index contributed by atoms with van der Waals surface area (Å²) in [4.78, 5) is 12.7. The fourth-order valence-corrected chi connectivity index (χ4v) is 9.17. The van der Waals surface area contributed by atoms with Crippen molar-refractivity contribution in [2.75, 3.05) is 0 Å². The Labute approximate surface area is 197 Å². The smallest absolute Gasteiger partial charge is 0.168 e. The van der Waals surface area contributed by atoms with Crippen molar-refractivity contribution >= 4 is 5.78 Å². The number of ketones is 1. The summed E-state index contributed by atoms with van der Waals surface area (Å²) in [6.45, 7) is 19.0. The van der Waals surface area contributed by atoms with Gasteiger partial charge < -0.3 is 5.11 Å². The monoisotopic (exact) mass is 440 g/mol. The highest BCUT2D eigenvalue weighted by Crippen LogP contribution is 2.74. The van der Waals surface area contributed by atoms with Crippen molar-refractivity contribution in [3.8, 4) is 0 Å². The first-order valence-corrected chi connectivity index (χ1v) is 13.4. The summed E-state index contributed by atoms with van der Waals surface area (Å²) in [7, 11) is 0. The van der Waals surface area contributed by atoms with E-state index < -0.39 is 5.41 Å². The van der Waals surface area contributed by atoms with Gasteiger partial charge in [0, 0.05) is 17.4 Å². The van der Waals surface area contributed by atoms with Crippen LogP contribution in [0, 0.1) is 51.2 Å². The van der Waals surface area contributed by atoms with Crippen molar-refractivity contribution in [3.05, 3.63) is 23.5 Å². The molecular formula is C30H48O2. The maximum Gasteiger partial charge on any atom is 0.168 e. The van der Waals surface area contributed by atoms with Crippen LogP contribution in [0.3, 0.4) is 0 Å². The van der Waals surface area contributed by atoms with E-state index in [0.29, 0.717) is 22.5 Å². The molecule has 0 radical (unpaired) electrons. The Morgan fingerprint density at radius 2 is 1.69 bits per heavy atom. The summed E-state index contributed by atoms with van der Waals surface area (Å²) in [6.07, 6.45) is 14.1.